The van der Waals surface area contributed by atoms with Crippen LogP contribution in [0.3, 0.4) is 0 Å². The van der Waals surface area contributed by atoms with Crippen molar-refractivity contribution < 1.29 is 4.21 Å². The van der Waals surface area contributed by atoms with E-state index in [-0.39, 0.29) is 6.04 Å². The summed E-state index contributed by atoms with van der Waals surface area (Å²) >= 11 is 11.7. The monoisotopic (exact) mass is 279 g/mol. The largest absolute Gasteiger partial charge is 0.316 e. The first-order valence-corrected chi connectivity index (χ1v) is 7.16. The molecule has 0 fully saturated rings. The van der Waals surface area contributed by atoms with Crippen molar-refractivity contribution in [3.05, 3.63) is 28.2 Å². The SMILES string of the molecule is CCC(CS(=O)c1ccc(Cl)c(Cl)c1)NC. The fourth-order valence-electron chi connectivity index (χ4n) is 1.30. The first-order chi connectivity index (χ1) is 7.58. The Morgan fingerprint density at radius 1 is 1.38 bits per heavy atom. The van der Waals surface area contributed by atoms with Gasteiger partial charge in [0.15, 0.2) is 0 Å². The van der Waals surface area contributed by atoms with E-state index in [2.05, 4.69) is 12.2 Å². The molecule has 0 radical (unpaired) electrons. The lowest BCUT2D eigenvalue weighted by atomic mass is 10.3. The minimum absolute atomic E-state index is 0.260. The van der Waals surface area contributed by atoms with Gasteiger partial charge in [0.1, 0.15) is 0 Å². The second-order valence-corrected chi connectivity index (χ2v) is 5.79. The zero-order valence-corrected chi connectivity index (χ0v) is 11.6. The van der Waals surface area contributed by atoms with E-state index in [9.17, 15) is 4.21 Å². The van der Waals surface area contributed by atoms with Gasteiger partial charge < -0.3 is 5.32 Å². The lowest BCUT2D eigenvalue weighted by Crippen LogP contribution is -2.30. The zero-order chi connectivity index (χ0) is 12.1. The highest BCUT2D eigenvalue weighted by Crippen LogP contribution is 2.24. The molecular weight excluding hydrogens is 265 g/mol. The smallest absolute Gasteiger partial charge is 0.0604 e. The van der Waals surface area contributed by atoms with Gasteiger partial charge in [-0.25, -0.2) is 0 Å². The number of benzene rings is 1. The molecule has 2 nitrogen and oxygen atoms in total. The van der Waals surface area contributed by atoms with Crippen LogP contribution in [0.5, 0.6) is 0 Å². The molecule has 0 heterocycles. The molecule has 0 saturated carbocycles. The second-order valence-electron chi connectivity index (χ2n) is 3.48. The Morgan fingerprint density at radius 2 is 2.06 bits per heavy atom. The van der Waals surface area contributed by atoms with Crippen molar-refractivity contribution >= 4 is 34.0 Å². The molecule has 0 aliphatic carbocycles. The summed E-state index contributed by atoms with van der Waals surface area (Å²) in [5.74, 6) is 0.588. The summed E-state index contributed by atoms with van der Waals surface area (Å²) in [6.07, 6.45) is 0.948. The molecule has 0 spiro atoms. The summed E-state index contributed by atoms with van der Waals surface area (Å²) < 4.78 is 12.0. The normalized spacial score (nSPS) is 14.8. The molecule has 1 aromatic carbocycles. The minimum Gasteiger partial charge on any atom is -0.316 e. The summed E-state index contributed by atoms with van der Waals surface area (Å²) in [5.41, 5.74) is 0. The van der Waals surface area contributed by atoms with Crippen molar-refractivity contribution in [2.45, 2.75) is 24.3 Å². The van der Waals surface area contributed by atoms with Gasteiger partial charge in [-0.3, -0.25) is 4.21 Å². The number of hydrogen-bond donors (Lipinski definition) is 1. The third-order valence-electron chi connectivity index (χ3n) is 2.41. The Kier molecular flexibility index (Phi) is 5.76. The predicted octanol–water partition coefficient (Wildman–Crippen LogP) is 3.10. The summed E-state index contributed by atoms with van der Waals surface area (Å²) in [4.78, 5) is 0.725. The summed E-state index contributed by atoms with van der Waals surface area (Å²) in [6, 6.07) is 5.36. The quantitative estimate of drug-likeness (QED) is 0.898. The maximum absolute atomic E-state index is 12.0. The van der Waals surface area contributed by atoms with Crippen LogP contribution in [0.1, 0.15) is 13.3 Å². The summed E-state index contributed by atoms with van der Waals surface area (Å²) in [7, 11) is 0.838. The maximum Gasteiger partial charge on any atom is 0.0604 e. The van der Waals surface area contributed by atoms with Gasteiger partial charge >= 0.3 is 0 Å². The Hall–Kier alpha value is -0.0900. The molecule has 0 aliphatic rings. The highest BCUT2D eigenvalue weighted by Gasteiger charge is 2.11. The van der Waals surface area contributed by atoms with E-state index in [4.69, 9.17) is 23.2 Å². The number of hydrogen-bond acceptors (Lipinski definition) is 2. The number of halogens is 2. The highest BCUT2D eigenvalue weighted by atomic mass is 35.5. The van der Waals surface area contributed by atoms with Gasteiger partial charge in [0.2, 0.25) is 0 Å². The average molecular weight is 280 g/mol. The van der Waals surface area contributed by atoms with Gasteiger partial charge in [0, 0.05) is 16.7 Å². The van der Waals surface area contributed by atoms with Crippen LogP contribution in [0, 0.1) is 0 Å². The molecule has 90 valence electrons. The van der Waals surface area contributed by atoms with Crippen molar-refractivity contribution in [3.63, 3.8) is 0 Å². The molecular formula is C11H15Cl2NOS. The van der Waals surface area contributed by atoms with E-state index >= 15 is 0 Å². The first kappa shape index (κ1) is 14.0. The molecule has 2 atom stereocenters. The van der Waals surface area contributed by atoms with Crippen molar-refractivity contribution in [3.8, 4) is 0 Å². The fourth-order valence-corrected chi connectivity index (χ4v) is 3.09. The molecule has 5 heteroatoms. The molecule has 16 heavy (non-hydrogen) atoms. The topological polar surface area (TPSA) is 29.1 Å². The first-order valence-electron chi connectivity index (χ1n) is 5.09. The van der Waals surface area contributed by atoms with Crippen LogP contribution in [0.4, 0.5) is 0 Å². The summed E-state index contributed by atoms with van der Waals surface area (Å²) in [5, 5.41) is 4.06. The molecule has 1 aromatic rings. The number of rotatable bonds is 5. The molecule has 0 saturated heterocycles. The van der Waals surface area contributed by atoms with Gasteiger partial charge in [-0.2, -0.15) is 0 Å². The average Bonchev–Trinajstić information content (AvgIpc) is 2.29. The molecule has 0 amide bonds. The third kappa shape index (κ3) is 3.74. The Morgan fingerprint density at radius 3 is 2.56 bits per heavy atom. The third-order valence-corrected chi connectivity index (χ3v) is 4.63. The zero-order valence-electron chi connectivity index (χ0n) is 9.30. The van der Waals surface area contributed by atoms with Crippen LogP contribution in [-0.4, -0.2) is 23.1 Å². The van der Waals surface area contributed by atoms with E-state index in [0.717, 1.165) is 11.3 Å². The van der Waals surface area contributed by atoms with E-state index in [1.54, 1.807) is 18.2 Å². The van der Waals surface area contributed by atoms with Crippen molar-refractivity contribution in [2.75, 3.05) is 12.8 Å². The molecule has 2 unspecified atom stereocenters. The molecule has 0 aromatic heterocycles. The Balaban J connectivity index is 2.76. The standard InChI is InChI=1S/C11H15Cl2NOS/c1-3-8(14-2)7-16(15)9-4-5-10(12)11(13)6-9/h4-6,8,14H,3,7H2,1-2H3. The molecule has 0 bridgehead atoms. The summed E-state index contributed by atoms with van der Waals surface area (Å²) in [6.45, 7) is 2.06. The van der Waals surface area contributed by atoms with Crippen LogP contribution in [0.2, 0.25) is 10.0 Å². The predicted molar refractivity (Wildman–Crippen MR) is 70.9 cm³/mol. The molecule has 0 aliphatic heterocycles. The van der Waals surface area contributed by atoms with E-state index in [1.165, 1.54) is 0 Å². The Labute approximate surface area is 109 Å². The lowest BCUT2D eigenvalue weighted by Gasteiger charge is -2.13. The van der Waals surface area contributed by atoms with E-state index in [1.807, 2.05) is 7.05 Å². The van der Waals surface area contributed by atoms with Crippen molar-refractivity contribution in [1.29, 1.82) is 0 Å². The maximum atomic E-state index is 12.0. The van der Waals surface area contributed by atoms with Crippen LogP contribution in [-0.2, 0) is 10.8 Å². The van der Waals surface area contributed by atoms with Gasteiger partial charge in [-0.05, 0) is 31.7 Å². The molecule has 1 N–H and O–H groups in total. The molecule has 1 rings (SSSR count). The van der Waals surface area contributed by atoms with Crippen LogP contribution >= 0.6 is 23.2 Å². The number of nitrogens with one attached hydrogen (secondary N) is 1. The fraction of sp³-hybridized carbons (Fsp3) is 0.455. The van der Waals surface area contributed by atoms with Gasteiger partial charge in [0.25, 0.3) is 0 Å². The second kappa shape index (κ2) is 6.60. The van der Waals surface area contributed by atoms with Crippen LogP contribution in [0.15, 0.2) is 23.1 Å². The van der Waals surface area contributed by atoms with E-state index < -0.39 is 10.8 Å². The van der Waals surface area contributed by atoms with Crippen molar-refractivity contribution in [2.24, 2.45) is 0 Å². The van der Waals surface area contributed by atoms with Gasteiger partial charge in [-0.1, -0.05) is 30.1 Å². The van der Waals surface area contributed by atoms with Crippen molar-refractivity contribution in [1.82, 2.24) is 5.32 Å². The van der Waals surface area contributed by atoms with Crippen LogP contribution < -0.4 is 5.32 Å². The van der Waals surface area contributed by atoms with Gasteiger partial charge in [-0.15, -0.1) is 0 Å². The minimum atomic E-state index is -1.04. The van der Waals surface area contributed by atoms with Crippen LogP contribution in [0.25, 0.3) is 0 Å². The van der Waals surface area contributed by atoms with Gasteiger partial charge in [0.05, 0.1) is 20.8 Å². The lowest BCUT2D eigenvalue weighted by molar-refractivity contribution is 0.590. The highest BCUT2D eigenvalue weighted by molar-refractivity contribution is 7.85. The Bertz CT molecular complexity index is 380. The van der Waals surface area contributed by atoms with E-state index in [0.29, 0.717) is 15.8 Å².